The van der Waals surface area contributed by atoms with Crippen LogP contribution in [-0.2, 0) is 42.9 Å². The molecule has 0 amide bonds. The van der Waals surface area contributed by atoms with Crippen molar-refractivity contribution in [1.29, 1.82) is 0 Å². The third-order valence-electron chi connectivity index (χ3n) is 9.19. The number of ether oxygens (including phenoxy) is 4. The highest BCUT2D eigenvalue weighted by atomic mass is 16.6. The minimum absolute atomic E-state index is 0.0812. The molecule has 6 aliphatic carbocycles. The predicted octanol–water partition coefficient (Wildman–Crippen LogP) is 0.172. The maximum Gasteiger partial charge on any atom is 0.311 e. The van der Waals surface area contributed by atoms with E-state index in [0.717, 1.165) is 0 Å². The summed E-state index contributed by atoms with van der Waals surface area (Å²) in [6.07, 6.45) is 0. The first-order chi connectivity index (χ1) is 14.5. The van der Waals surface area contributed by atoms with Crippen molar-refractivity contribution in [2.45, 2.75) is 27.7 Å². The second-order valence-electron chi connectivity index (χ2n) is 9.71. The van der Waals surface area contributed by atoms with E-state index in [4.69, 9.17) is 18.9 Å². The van der Waals surface area contributed by atoms with Gasteiger partial charge in [-0.3, -0.25) is 24.0 Å². The Kier molecular flexibility index (Phi) is 3.52. The molecule has 6 fully saturated rings. The number of aliphatic carboxylic acids is 1. The van der Waals surface area contributed by atoms with Gasteiger partial charge in [0.05, 0.1) is 31.8 Å². The number of carbonyl (C=O) groups is 5. The summed E-state index contributed by atoms with van der Waals surface area (Å²) in [7, 11) is 0. The first-order valence-corrected chi connectivity index (χ1v) is 10.2. The largest absolute Gasteiger partial charge is 0.481 e. The molecule has 0 aromatic heterocycles. The molecule has 1 N–H and O–H groups in total. The fourth-order valence-corrected chi connectivity index (χ4v) is 9.89. The molecular weight excluding hydrogens is 412 g/mol. The molecule has 0 unspecified atom stereocenters. The second-order valence-corrected chi connectivity index (χ2v) is 9.71. The highest BCUT2D eigenvalue weighted by molar-refractivity contribution is 5.93. The molecule has 6 saturated carbocycles. The third kappa shape index (κ3) is 1.50. The van der Waals surface area contributed by atoms with Gasteiger partial charge in [-0.05, 0) is 17.8 Å². The molecule has 0 atom stereocenters. The smallest absolute Gasteiger partial charge is 0.311 e. The maximum atomic E-state index is 12.8. The lowest BCUT2D eigenvalue weighted by molar-refractivity contribution is -0.769. The lowest BCUT2D eigenvalue weighted by Gasteiger charge is -3.20. The molecule has 0 saturated heterocycles. The first kappa shape index (κ1) is 20.3. The molecule has 0 aromatic carbocycles. The van der Waals surface area contributed by atoms with E-state index in [1.807, 2.05) is 0 Å². The lowest BCUT2D eigenvalue weighted by Crippen LogP contribution is -3.24. The van der Waals surface area contributed by atoms with Crippen LogP contribution in [-0.4, -0.2) is 61.4 Å². The molecule has 6 aliphatic rings. The Labute approximate surface area is 177 Å². The number of carboxylic acid groups (broad SMARTS) is 1. The van der Waals surface area contributed by atoms with Crippen LogP contribution >= 0.6 is 0 Å². The summed E-state index contributed by atoms with van der Waals surface area (Å²) in [6, 6.07) is 0. The van der Waals surface area contributed by atoms with Crippen LogP contribution in [0.25, 0.3) is 0 Å². The summed E-state index contributed by atoms with van der Waals surface area (Å²) in [5.74, 6) is -3.76. The summed E-state index contributed by atoms with van der Waals surface area (Å²) in [6.45, 7) is 4.94. The van der Waals surface area contributed by atoms with E-state index in [1.165, 1.54) is 27.7 Å². The fourth-order valence-electron chi connectivity index (χ4n) is 9.89. The zero-order valence-corrected chi connectivity index (χ0v) is 17.7. The molecule has 168 valence electrons. The summed E-state index contributed by atoms with van der Waals surface area (Å²) < 4.78 is 21.3. The molecule has 0 aromatic rings. The van der Waals surface area contributed by atoms with E-state index in [9.17, 15) is 29.1 Å². The van der Waals surface area contributed by atoms with Gasteiger partial charge in [0.25, 0.3) is 0 Å². The summed E-state index contributed by atoms with van der Waals surface area (Å²) in [4.78, 5) is 59.0. The van der Waals surface area contributed by atoms with Crippen molar-refractivity contribution >= 4 is 29.8 Å². The van der Waals surface area contributed by atoms with Gasteiger partial charge in [0, 0.05) is 49.4 Å². The SMILES string of the molecule is CC(=O)OCC12C3C4(COC(C)=O)C1C1(COC(C)=O)C2C3(COC(C)=O)C41C(=O)O. The van der Waals surface area contributed by atoms with Gasteiger partial charge in [-0.2, -0.15) is 0 Å². The average molecular weight is 436 g/mol. The molecule has 10 heteroatoms. The fraction of sp³-hybridized carbons (Fsp3) is 0.762. The van der Waals surface area contributed by atoms with E-state index in [-0.39, 0.29) is 44.2 Å². The predicted molar refractivity (Wildman–Crippen MR) is 96.8 cm³/mol. The minimum Gasteiger partial charge on any atom is -0.481 e. The van der Waals surface area contributed by atoms with E-state index < -0.39 is 56.9 Å². The van der Waals surface area contributed by atoms with Crippen LogP contribution in [0.3, 0.4) is 0 Å². The Morgan fingerprint density at radius 2 is 0.903 bits per heavy atom. The van der Waals surface area contributed by atoms with Crippen molar-refractivity contribution in [2.24, 2.45) is 44.8 Å². The molecule has 0 bridgehead atoms. The van der Waals surface area contributed by atoms with Crippen LogP contribution in [0.2, 0.25) is 0 Å². The zero-order valence-electron chi connectivity index (χ0n) is 17.7. The maximum absolute atomic E-state index is 12.8. The molecule has 10 nitrogen and oxygen atoms in total. The lowest BCUT2D eigenvalue weighted by atomic mass is 8.80. The monoisotopic (exact) mass is 436 g/mol. The van der Waals surface area contributed by atoms with E-state index in [1.54, 1.807) is 0 Å². The van der Waals surface area contributed by atoms with Crippen molar-refractivity contribution in [1.82, 2.24) is 0 Å². The van der Waals surface area contributed by atoms with Crippen molar-refractivity contribution in [3.8, 4) is 0 Å². The number of rotatable bonds is 9. The molecular formula is C21H24O10. The van der Waals surface area contributed by atoms with Crippen LogP contribution in [0.15, 0.2) is 0 Å². The highest BCUT2D eigenvalue weighted by Crippen LogP contribution is 3.22. The molecule has 0 aliphatic heterocycles. The zero-order chi connectivity index (χ0) is 22.8. The van der Waals surface area contributed by atoms with Gasteiger partial charge in [0.1, 0.15) is 0 Å². The van der Waals surface area contributed by atoms with Crippen LogP contribution < -0.4 is 0 Å². The quantitative estimate of drug-likeness (QED) is 0.392. The third-order valence-corrected chi connectivity index (χ3v) is 9.19. The van der Waals surface area contributed by atoms with E-state index in [2.05, 4.69) is 0 Å². The average Bonchev–Trinajstić information content (AvgIpc) is 2.65. The highest BCUT2D eigenvalue weighted by Gasteiger charge is 3.27. The van der Waals surface area contributed by atoms with Crippen LogP contribution in [0, 0.1) is 44.8 Å². The Balaban J connectivity index is 1.58. The minimum atomic E-state index is -1.33. The Bertz CT molecular complexity index is 855. The molecule has 0 radical (unpaired) electrons. The normalized spacial score (nSPS) is 47.7. The molecule has 0 spiro atoms. The second kappa shape index (κ2) is 5.39. The standard InChI is InChI=1S/C21H24O10/c1-9(22)28-5-17-13-18(6-29-10(2)23)14(17)20(8-31-12(4)25)15(17)19(13,7-30-11(3)24)21(18,20)16(26)27/h13-15H,5-8H2,1-4H3,(H,26,27). The van der Waals surface area contributed by atoms with E-state index >= 15 is 0 Å². The Hall–Kier alpha value is -2.65. The van der Waals surface area contributed by atoms with E-state index in [0.29, 0.717) is 0 Å². The van der Waals surface area contributed by atoms with Gasteiger partial charge < -0.3 is 24.1 Å². The Morgan fingerprint density at radius 3 is 1.16 bits per heavy atom. The number of hydrogen-bond acceptors (Lipinski definition) is 9. The summed E-state index contributed by atoms with van der Waals surface area (Å²) >= 11 is 0. The van der Waals surface area contributed by atoms with Crippen molar-refractivity contribution in [2.75, 3.05) is 26.4 Å². The van der Waals surface area contributed by atoms with Gasteiger partial charge in [-0.15, -0.1) is 0 Å². The van der Waals surface area contributed by atoms with Gasteiger partial charge in [0.15, 0.2) is 0 Å². The van der Waals surface area contributed by atoms with Gasteiger partial charge in [-0.25, -0.2) is 0 Å². The Morgan fingerprint density at radius 1 is 0.613 bits per heavy atom. The van der Waals surface area contributed by atoms with Crippen molar-refractivity contribution in [3.63, 3.8) is 0 Å². The topological polar surface area (TPSA) is 142 Å². The number of esters is 4. The molecule has 31 heavy (non-hydrogen) atoms. The number of hydrogen-bond donors (Lipinski definition) is 1. The summed E-state index contributed by atoms with van der Waals surface area (Å²) in [5.41, 5.74) is -4.34. The van der Waals surface area contributed by atoms with Crippen LogP contribution in [0.1, 0.15) is 27.7 Å². The van der Waals surface area contributed by atoms with Gasteiger partial charge in [-0.1, -0.05) is 0 Å². The van der Waals surface area contributed by atoms with Crippen LogP contribution in [0.4, 0.5) is 0 Å². The molecule has 0 heterocycles. The van der Waals surface area contributed by atoms with Crippen molar-refractivity contribution in [3.05, 3.63) is 0 Å². The number of carbonyl (C=O) groups excluding carboxylic acids is 4. The summed E-state index contributed by atoms with van der Waals surface area (Å²) in [5, 5.41) is 10.5. The van der Waals surface area contributed by atoms with Crippen molar-refractivity contribution < 1.29 is 48.0 Å². The van der Waals surface area contributed by atoms with Crippen LogP contribution in [0.5, 0.6) is 0 Å². The molecule has 6 rings (SSSR count). The first-order valence-electron chi connectivity index (χ1n) is 10.2. The van der Waals surface area contributed by atoms with Gasteiger partial charge in [0.2, 0.25) is 0 Å². The number of carboxylic acids is 1. The van der Waals surface area contributed by atoms with Gasteiger partial charge >= 0.3 is 29.8 Å².